The van der Waals surface area contributed by atoms with E-state index >= 15 is 0 Å². The minimum Gasteiger partial charge on any atom is -0.467 e. The van der Waals surface area contributed by atoms with Gasteiger partial charge < -0.3 is 19.2 Å². The van der Waals surface area contributed by atoms with Gasteiger partial charge in [-0.15, -0.1) is 0 Å². The Kier molecular flexibility index (Phi) is 4.34. The Morgan fingerprint density at radius 2 is 2.09 bits per heavy atom. The first-order chi connectivity index (χ1) is 11.1. The molecule has 0 saturated heterocycles. The SMILES string of the molecule is Cc1c(C)n(Cc2ccco2)c2ncnc(NCCN(C)C)c12. The molecule has 3 heterocycles. The summed E-state index contributed by atoms with van der Waals surface area (Å²) in [6, 6.07) is 3.89. The molecule has 0 saturated carbocycles. The number of aromatic nitrogens is 3. The fourth-order valence-corrected chi connectivity index (χ4v) is 2.75. The van der Waals surface area contributed by atoms with Gasteiger partial charge in [0.15, 0.2) is 0 Å². The number of anilines is 1. The lowest BCUT2D eigenvalue weighted by Crippen LogP contribution is -2.21. The molecule has 0 bridgehead atoms. The normalized spacial score (nSPS) is 11.5. The zero-order valence-corrected chi connectivity index (χ0v) is 14.1. The molecule has 0 aliphatic heterocycles. The maximum Gasteiger partial charge on any atom is 0.146 e. The van der Waals surface area contributed by atoms with E-state index in [1.807, 2.05) is 12.1 Å². The summed E-state index contributed by atoms with van der Waals surface area (Å²) in [5.41, 5.74) is 3.34. The molecule has 122 valence electrons. The van der Waals surface area contributed by atoms with Gasteiger partial charge in [0.05, 0.1) is 18.2 Å². The third kappa shape index (κ3) is 3.07. The van der Waals surface area contributed by atoms with Gasteiger partial charge in [0, 0.05) is 18.8 Å². The monoisotopic (exact) mass is 313 g/mol. The van der Waals surface area contributed by atoms with Crippen molar-refractivity contribution in [2.45, 2.75) is 20.4 Å². The van der Waals surface area contributed by atoms with E-state index in [1.54, 1.807) is 12.6 Å². The van der Waals surface area contributed by atoms with Crippen LogP contribution in [0.25, 0.3) is 11.0 Å². The lowest BCUT2D eigenvalue weighted by atomic mass is 10.2. The van der Waals surface area contributed by atoms with Crippen molar-refractivity contribution in [2.24, 2.45) is 0 Å². The van der Waals surface area contributed by atoms with Crippen molar-refractivity contribution in [1.29, 1.82) is 0 Å². The van der Waals surface area contributed by atoms with Crippen LogP contribution in [0, 0.1) is 13.8 Å². The molecule has 0 spiro atoms. The van der Waals surface area contributed by atoms with Crippen LogP contribution >= 0.6 is 0 Å². The first-order valence-electron chi connectivity index (χ1n) is 7.79. The quantitative estimate of drug-likeness (QED) is 0.758. The Bertz CT molecular complexity index is 789. The number of nitrogens with one attached hydrogen (secondary N) is 1. The summed E-state index contributed by atoms with van der Waals surface area (Å²) in [6.45, 7) is 6.72. The van der Waals surface area contributed by atoms with Crippen molar-refractivity contribution in [3.05, 3.63) is 41.7 Å². The fourth-order valence-electron chi connectivity index (χ4n) is 2.75. The summed E-state index contributed by atoms with van der Waals surface area (Å²) >= 11 is 0. The van der Waals surface area contributed by atoms with Gasteiger partial charge in [-0.25, -0.2) is 9.97 Å². The van der Waals surface area contributed by atoms with Crippen LogP contribution < -0.4 is 5.32 Å². The Morgan fingerprint density at radius 3 is 2.78 bits per heavy atom. The second-order valence-corrected chi connectivity index (χ2v) is 6.03. The fraction of sp³-hybridized carbons (Fsp3) is 0.412. The first kappa shape index (κ1) is 15.6. The lowest BCUT2D eigenvalue weighted by molar-refractivity contribution is 0.425. The highest BCUT2D eigenvalue weighted by atomic mass is 16.3. The minimum atomic E-state index is 0.678. The van der Waals surface area contributed by atoms with Crippen molar-refractivity contribution in [3.8, 4) is 0 Å². The molecule has 6 nitrogen and oxygen atoms in total. The third-order valence-corrected chi connectivity index (χ3v) is 4.15. The Labute approximate surface area is 136 Å². The van der Waals surface area contributed by atoms with Crippen LogP contribution in [-0.4, -0.2) is 46.6 Å². The highest BCUT2D eigenvalue weighted by Gasteiger charge is 2.17. The molecule has 1 N–H and O–H groups in total. The number of aryl methyl sites for hydroxylation is 1. The molecule has 0 aromatic carbocycles. The zero-order valence-electron chi connectivity index (χ0n) is 14.1. The molecule has 23 heavy (non-hydrogen) atoms. The second-order valence-electron chi connectivity index (χ2n) is 6.03. The molecule has 6 heteroatoms. The number of fused-ring (bicyclic) bond motifs is 1. The zero-order chi connectivity index (χ0) is 16.4. The smallest absolute Gasteiger partial charge is 0.146 e. The van der Waals surface area contributed by atoms with Gasteiger partial charge >= 0.3 is 0 Å². The van der Waals surface area contributed by atoms with Gasteiger partial charge in [0.1, 0.15) is 23.6 Å². The molecule has 0 aliphatic carbocycles. The van der Waals surface area contributed by atoms with Crippen LogP contribution in [0.2, 0.25) is 0 Å². The Morgan fingerprint density at radius 1 is 1.26 bits per heavy atom. The van der Waals surface area contributed by atoms with Gasteiger partial charge in [0.2, 0.25) is 0 Å². The van der Waals surface area contributed by atoms with Crippen molar-refractivity contribution in [1.82, 2.24) is 19.4 Å². The topological polar surface area (TPSA) is 59.1 Å². The lowest BCUT2D eigenvalue weighted by Gasteiger charge is -2.11. The molecule has 0 fully saturated rings. The van der Waals surface area contributed by atoms with E-state index in [0.29, 0.717) is 6.54 Å². The van der Waals surface area contributed by atoms with Crippen LogP contribution in [0.5, 0.6) is 0 Å². The first-order valence-corrected chi connectivity index (χ1v) is 7.79. The van der Waals surface area contributed by atoms with Crippen LogP contribution in [0.4, 0.5) is 5.82 Å². The molecule has 3 aromatic rings. The van der Waals surface area contributed by atoms with E-state index in [2.05, 4.69) is 52.7 Å². The minimum absolute atomic E-state index is 0.678. The average Bonchev–Trinajstić information content (AvgIpc) is 3.11. The second kappa shape index (κ2) is 6.42. The van der Waals surface area contributed by atoms with Gasteiger partial charge in [-0.05, 0) is 45.6 Å². The van der Waals surface area contributed by atoms with E-state index < -0.39 is 0 Å². The highest BCUT2D eigenvalue weighted by molar-refractivity contribution is 5.91. The Hall–Kier alpha value is -2.34. The number of likely N-dealkylation sites (N-methyl/N-ethyl adjacent to an activating group) is 1. The van der Waals surface area contributed by atoms with Crippen LogP contribution in [-0.2, 0) is 6.54 Å². The van der Waals surface area contributed by atoms with Crippen molar-refractivity contribution in [3.63, 3.8) is 0 Å². The van der Waals surface area contributed by atoms with Crippen molar-refractivity contribution >= 4 is 16.9 Å². The van der Waals surface area contributed by atoms with E-state index in [0.717, 1.165) is 35.7 Å². The standard InChI is InChI=1S/C17H23N5O/c1-12-13(2)22(10-14-6-5-9-23-14)17-15(12)16(19-11-20-17)18-7-8-21(3)4/h5-6,9,11H,7-8,10H2,1-4H3,(H,18,19,20). The molecular formula is C17H23N5O. The number of rotatable bonds is 6. The van der Waals surface area contributed by atoms with E-state index in [1.165, 1.54) is 11.3 Å². The van der Waals surface area contributed by atoms with E-state index in [4.69, 9.17) is 4.42 Å². The summed E-state index contributed by atoms with van der Waals surface area (Å²) in [4.78, 5) is 11.1. The molecule has 0 unspecified atom stereocenters. The van der Waals surface area contributed by atoms with Gasteiger partial charge in [-0.2, -0.15) is 0 Å². The van der Waals surface area contributed by atoms with E-state index in [9.17, 15) is 0 Å². The molecule has 0 radical (unpaired) electrons. The Balaban J connectivity index is 1.98. The van der Waals surface area contributed by atoms with Gasteiger partial charge in [-0.3, -0.25) is 0 Å². The predicted octanol–water partition coefficient (Wildman–Crippen LogP) is 2.66. The number of nitrogens with zero attached hydrogens (tertiary/aromatic N) is 4. The summed E-state index contributed by atoms with van der Waals surface area (Å²) in [7, 11) is 4.12. The average molecular weight is 313 g/mol. The van der Waals surface area contributed by atoms with Crippen molar-refractivity contribution < 1.29 is 4.42 Å². The molecule has 0 atom stereocenters. The van der Waals surface area contributed by atoms with Gasteiger partial charge in [-0.1, -0.05) is 0 Å². The molecule has 3 aromatic heterocycles. The van der Waals surface area contributed by atoms with Crippen LogP contribution in [0.15, 0.2) is 29.1 Å². The summed E-state index contributed by atoms with van der Waals surface area (Å²) in [5, 5.41) is 4.52. The molecular weight excluding hydrogens is 290 g/mol. The highest BCUT2D eigenvalue weighted by Crippen LogP contribution is 2.29. The number of hydrogen-bond acceptors (Lipinski definition) is 5. The largest absolute Gasteiger partial charge is 0.467 e. The summed E-state index contributed by atoms with van der Waals surface area (Å²) in [6.07, 6.45) is 3.32. The third-order valence-electron chi connectivity index (χ3n) is 4.15. The predicted molar refractivity (Wildman–Crippen MR) is 91.9 cm³/mol. The van der Waals surface area contributed by atoms with Crippen molar-refractivity contribution in [2.75, 3.05) is 32.5 Å². The maximum atomic E-state index is 5.49. The molecule has 0 amide bonds. The van der Waals surface area contributed by atoms with Gasteiger partial charge in [0.25, 0.3) is 0 Å². The molecule has 0 aliphatic rings. The van der Waals surface area contributed by atoms with E-state index in [-0.39, 0.29) is 0 Å². The summed E-state index contributed by atoms with van der Waals surface area (Å²) in [5.74, 6) is 1.82. The van der Waals surface area contributed by atoms with Crippen LogP contribution in [0.3, 0.4) is 0 Å². The number of hydrogen-bond donors (Lipinski definition) is 1. The summed E-state index contributed by atoms with van der Waals surface area (Å²) < 4.78 is 7.67. The van der Waals surface area contributed by atoms with Crippen LogP contribution in [0.1, 0.15) is 17.0 Å². The molecule has 3 rings (SSSR count). The maximum absolute atomic E-state index is 5.49. The number of furan rings is 1.